The molecular formula is C31H47NO4. The second-order valence-electron chi connectivity index (χ2n) is 13.5. The molecule has 5 nitrogen and oxygen atoms in total. The van der Waals surface area contributed by atoms with Crippen molar-refractivity contribution in [2.45, 2.75) is 112 Å². The summed E-state index contributed by atoms with van der Waals surface area (Å²) in [5.74, 6) is 2.93. The first-order valence-electron chi connectivity index (χ1n) is 14.6. The van der Waals surface area contributed by atoms with Gasteiger partial charge in [-0.05, 0) is 85.9 Å². The molecule has 0 spiro atoms. The summed E-state index contributed by atoms with van der Waals surface area (Å²) in [5.41, 5.74) is 3.25. The maximum atomic E-state index is 12.2. The Balaban J connectivity index is 1.43. The molecule has 0 aromatic rings. The molecule has 0 bridgehead atoms. The van der Waals surface area contributed by atoms with Gasteiger partial charge in [-0.15, -0.1) is 0 Å². The highest BCUT2D eigenvalue weighted by Gasteiger charge is 2.63. The van der Waals surface area contributed by atoms with Gasteiger partial charge in [0.25, 0.3) is 0 Å². The number of carbonyl (C=O) groups excluding carboxylic acids is 2. The standard InChI is InChI=1S/C31H47NO4/c1-18-7-10-27(32-17-18)19(2)29-28(36-21(4)34)16-26-24-9-8-22-15-23(35-20(3)33)11-13-30(22,5)25(24)12-14-31(26,29)6/h8,18-19,23-26,28-29H,7,9-17H2,1-6H3/t18-,19+,23-,24-,25+,26-,28+,29+,30-,31-/m0/s1. The van der Waals surface area contributed by atoms with Gasteiger partial charge in [0, 0.05) is 44.4 Å². The number of carbonyl (C=O) groups is 2. The normalized spacial score (nSPS) is 44.8. The molecule has 3 fully saturated rings. The zero-order chi connectivity index (χ0) is 25.8. The zero-order valence-electron chi connectivity index (χ0n) is 23.3. The first-order valence-corrected chi connectivity index (χ1v) is 14.6. The van der Waals surface area contributed by atoms with E-state index in [-0.39, 0.29) is 35.0 Å². The van der Waals surface area contributed by atoms with Crippen LogP contribution in [0.25, 0.3) is 0 Å². The highest BCUT2D eigenvalue weighted by molar-refractivity contribution is 5.87. The molecule has 5 heteroatoms. The predicted octanol–water partition coefficient (Wildman–Crippen LogP) is 6.55. The molecule has 5 aliphatic rings. The van der Waals surface area contributed by atoms with E-state index in [0.29, 0.717) is 35.5 Å². The van der Waals surface area contributed by atoms with E-state index in [1.165, 1.54) is 37.5 Å². The quantitative estimate of drug-likeness (QED) is 0.326. The number of ether oxygens (including phenoxy) is 2. The van der Waals surface area contributed by atoms with Crippen LogP contribution in [0.15, 0.2) is 16.6 Å². The largest absolute Gasteiger partial charge is 0.462 e. The average molecular weight is 498 g/mol. The second kappa shape index (κ2) is 9.58. The minimum Gasteiger partial charge on any atom is -0.462 e. The Hall–Kier alpha value is -1.65. The lowest BCUT2D eigenvalue weighted by Gasteiger charge is -2.58. The molecule has 0 saturated heterocycles. The van der Waals surface area contributed by atoms with Gasteiger partial charge in [0.15, 0.2) is 0 Å². The fourth-order valence-corrected chi connectivity index (χ4v) is 9.63. The van der Waals surface area contributed by atoms with Crippen molar-refractivity contribution in [2.24, 2.45) is 51.3 Å². The van der Waals surface area contributed by atoms with Crippen LogP contribution in [0.1, 0.15) is 99.3 Å². The van der Waals surface area contributed by atoms with Crippen LogP contribution in [0, 0.1) is 46.3 Å². The van der Waals surface area contributed by atoms with Crippen LogP contribution in [0.2, 0.25) is 0 Å². The van der Waals surface area contributed by atoms with Crippen molar-refractivity contribution in [2.75, 3.05) is 6.54 Å². The van der Waals surface area contributed by atoms with Crippen LogP contribution in [0.4, 0.5) is 0 Å². The summed E-state index contributed by atoms with van der Waals surface area (Å²) in [4.78, 5) is 28.8. The lowest BCUT2D eigenvalue weighted by atomic mass is 9.47. The van der Waals surface area contributed by atoms with Crippen molar-refractivity contribution >= 4 is 17.7 Å². The SMILES string of the molecule is CC(=O)O[C@H]1CC[C@@]2(C)C(=CC[C@H]3[C@H]2CC[C@]2(C)[C@H]([C@H](C)C4=NC[C@@H](C)CC4)[C@H](OC(C)=O)C[C@@H]32)C1. The van der Waals surface area contributed by atoms with Crippen LogP contribution in [-0.4, -0.2) is 36.4 Å². The summed E-state index contributed by atoms with van der Waals surface area (Å²) in [7, 11) is 0. The number of aliphatic imine (C=N–C) groups is 1. The summed E-state index contributed by atoms with van der Waals surface area (Å²) >= 11 is 0. The number of hydrogen-bond donors (Lipinski definition) is 0. The lowest BCUT2D eigenvalue weighted by molar-refractivity contribution is -0.150. The molecule has 4 aliphatic carbocycles. The maximum absolute atomic E-state index is 12.2. The number of hydrogen-bond acceptors (Lipinski definition) is 5. The van der Waals surface area contributed by atoms with Gasteiger partial charge in [-0.1, -0.05) is 39.3 Å². The van der Waals surface area contributed by atoms with Gasteiger partial charge in [-0.2, -0.15) is 0 Å². The predicted molar refractivity (Wildman–Crippen MR) is 142 cm³/mol. The van der Waals surface area contributed by atoms with Gasteiger partial charge >= 0.3 is 11.9 Å². The monoisotopic (exact) mass is 497 g/mol. The minimum atomic E-state index is -0.161. The van der Waals surface area contributed by atoms with E-state index in [2.05, 4.69) is 33.8 Å². The first kappa shape index (κ1) is 26.0. The molecule has 0 N–H and O–H groups in total. The third-order valence-corrected chi connectivity index (χ3v) is 11.4. The molecule has 0 aromatic heterocycles. The van der Waals surface area contributed by atoms with Gasteiger partial charge < -0.3 is 9.47 Å². The number of fused-ring (bicyclic) bond motifs is 5. The number of esters is 2. The van der Waals surface area contributed by atoms with E-state index >= 15 is 0 Å². The Morgan fingerprint density at radius 2 is 1.81 bits per heavy atom. The van der Waals surface area contributed by atoms with Gasteiger partial charge in [-0.25, -0.2) is 0 Å². The zero-order valence-corrected chi connectivity index (χ0v) is 23.3. The Morgan fingerprint density at radius 1 is 1.06 bits per heavy atom. The summed E-state index contributed by atoms with van der Waals surface area (Å²) in [6, 6.07) is 0. The molecule has 0 unspecified atom stereocenters. The van der Waals surface area contributed by atoms with Crippen LogP contribution < -0.4 is 0 Å². The molecule has 0 radical (unpaired) electrons. The maximum Gasteiger partial charge on any atom is 0.302 e. The molecule has 200 valence electrons. The van der Waals surface area contributed by atoms with E-state index < -0.39 is 0 Å². The van der Waals surface area contributed by atoms with Crippen molar-refractivity contribution in [3.05, 3.63) is 11.6 Å². The van der Waals surface area contributed by atoms with Gasteiger partial charge in [-0.3, -0.25) is 14.6 Å². The van der Waals surface area contributed by atoms with Crippen molar-refractivity contribution in [3.63, 3.8) is 0 Å². The van der Waals surface area contributed by atoms with E-state index in [4.69, 9.17) is 14.5 Å². The van der Waals surface area contributed by atoms with Crippen LogP contribution in [0.5, 0.6) is 0 Å². The van der Waals surface area contributed by atoms with Gasteiger partial charge in [0.1, 0.15) is 12.2 Å². The molecule has 1 heterocycles. The molecule has 3 saturated carbocycles. The number of allylic oxidation sites excluding steroid dienone is 1. The van der Waals surface area contributed by atoms with E-state index in [0.717, 1.165) is 45.1 Å². The Kier molecular flexibility index (Phi) is 6.91. The molecule has 5 rings (SSSR count). The van der Waals surface area contributed by atoms with Crippen molar-refractivity contribution in [3.8, 4) is 0 Å². The highest BCUT2D eigenvalue weighted by Crippen LogP contribution is 2.67. The molecule has 0 aromatic carbocycles. The van der Waals surface area contributed by atoms with Crippen molar-refractivity contribution in [1.82, 2.24) is 0 Å². The molecule has 10 atom stereocenters. The molecule has 0 amide bonds. The van der Waals surface area contributed by atoms with Crippen LogP contribution in [-0.2, 0) is 19.1 Å². The Labute approximate surface area is 217 Å². The summed E-state index contributed by atoms with van der Waals surface area (Å²) in [5, 5.41) is 0. The molecular weight excluding hydrogens is 450 g/mol. The van der Waals surface area contributed by atoms with Crippen molar-refractivity contribution < 1.29 is 19.1 Å². The van der Waals surface area contributed by atoms with E-state index in [1.54, 1.807) is 6.92 Å². The first-order chi connectivity index (χ1) is 17.0. The third kappa shape index (κ3) is 4.36. The minimum absolute atomic E-state index is 0.00816. The Bertz CT molecular complexity index is 954. The fourth-order valence-electron chi connectivity index (χ4n) is 9.63. The summed E-state index contributed by atoms with van der Waals surface area (Å²) in [6.07, 6.45) is 12.3. The molecule has 1 aliphatic heterocycles. The third-order valence-electron chi connectivity index (χ3n) is 11.4. The van der Waals surface area contributed by atoms with Crippen LogP contribution >= 0.6 is 0 Å². The summed E-state index contributed by atoms with van der Waals surface area (Å²) < 4.78 is 11.7. The topological polar surface area (TPSA) is 65.0 Å². The number of nitrogens with zero attached hydrogens (tertiary/aromatic N) is 1. The smallest absolute Gasteiger partial charge is 0.302 e. The van der Waals surface area contributed by atoms with Gasteiger partial charge in [0.05, 0.1) is 0 Å². The number of rotatable bonds is 4. The van der Waals surface area contributed by atoms with Crippen molar-refractivity contribution in [1.29, 1.82) is 0 Å². The fraction of sp³-hybridized carbons (Fsp3) is 0.839. The summed E-state index contributed by atoms with van der Waals surface area (Å²) in [6.45, 7) is 13.7. The van der Waals surface area contributed by atoms with E-state index in [9.17, 15) is 9.59 Å². The van der Waals surface area contributed by atoms with Crippen LogP contribution in [0.3, 0.4) is 0 Å². The average Bonchev–Trinajstić information content (AvgIpc) is 3.10. The van der Waals surface area contributed by atoms with E-state index in [1.807, 2.05) is 0 Å². The second-order valence-corrected chi connectivity index (χ2v) is 13.5. The Morgan fingerprint density at radius 3 is 2.47 bits per heavy atom. The molecule has 36 heavy (non-hydrogen) atoms. The lowest BCUT2D eigenvalue weighted by Crippen LogP contribution is -2.51. The van der Waals surface area contributed by atoms with Gasteiger partial charge in [0.2, 0.25) is 0 Å². The highest BCUT2D eigenvalue weighted by atomic mass is 16.5.